The van der Waals surface area contributed by atoms with Crippen LogP contribution in [0.1, 0.15) is 0 Å². The van der Waals surface area contributed by atoms with E-state index in [2.05, 4.69) is 5.32 Å². The number of nitrogens with one attached hydrogen (secondary N) is 1. The van der Waals surface area contributed by atoms with Gasteiger partial charge < -0.3 is 10.1 Å². The van der Waals surface area contributed by atoms with E-state index in [1.807, 2.05) is 0 Å². The molecule has 0 saturated carbocycles. The predicted octanol–water partition coefficient (Wildman–Crippen LogP) is 1.10. The minimum atomic E-state index is -1.71. The first-order chi connectivity index (χ1) is 7.45. The van der Waals surface area contributed by atoms with Gasteiger partial charge in [-0.15, -0.1) is 0 Å². The Balaban J connectivity index is 2.66. The van der Waals surface area contributed by atoms with Crippen LogP contribution in [0.4, 0.5) is 4.39 Å². The van der Waals surface area contributed by atoms with E-state index in [-0.39, 0.29) is 0 Å². The Morgan fingerprint density at radius 1 is 1.44 bits per heavy atom. The van der Waals surface area contributed by atoms with E-state index in [0.717, 1.165) is 0 Å². The Bertz CT molecular complexity index is 244. The Labute approximate surface area is 108 Å². The minimum Gasteiger partial charge on any atom is -0.379 e. The summed E-state index contributed by atoms with van der Waals surface area (Å²) in [6, 6.07) is 0. The third-order valence-corrected chi connectivity index (χ3v) is 2.76. The van der Waals surface area contributed by atoms with Crippen molar-refractivity contribution in [1.82, 2.24) is 10.2 Å². The maximum absolute atomic E-state index is 12.1. The number of alkyl halides is 4. The molecule has 1 rings (SSSR count). The summed E-state index contributed by atoms with van der Waals surface area (Å²) in [4.78, 5) is 12.7. The fourth-order valence-electron chi connectivity index (χ4n) is 1.41. The summed E-state index contributed by atoms with van der Waals surface area (Å²) >= 11 is 17.2. The lowest BCUT2D eigenvalue weighted by Crippen LogP contribution is -2.58. The quantitative estimate of drug-likeness (QED) is 0.792. The highest BCUT2D eigenvalue weighted by molar-refractivity contribution is 6.68. The van der Waals surface area contributed by atoms with Crippen LogP contribution >= 0.6 is 34.8 Å². The van der Waals surface area contributed by atoms with Crippen molar-refractivity contribution in [2.24, 2.45) is 0 Å². The van der Waals surface area contributed by atoms with Gasteiger partial charge in [0.2, 0.25) is 3.79 Å². The van der Waals surface area contributed by atoms with Crippen molar-refractivity contribution >= 4 is 40.7 Å². The third kappa shape index (κ3) is 4.22. The number of halogens is 4. The lowest BCUT2D eigenvalue weighted by Gasteiger charge is -2.38. The standard InChI is InChI=1S/C8H12Cl3FN2O2/c9-8(10,11)7(13-6(15)5-12)14-1-3-16-4-2-14/h7H,1-5H2,(H,13,15). The second-order valence-corrected chi connectivity index (χ2v) is 5.66. The number of rotatable bonds is 3. The number of morpholine rings is 1. The molecular weight excluding hydrogens is 281 g/mol. The molecule has 0 bridgehead atoms. The molecule has 1 heterocycles. The minimum absolute atomic E-state index is 0.489. The number of carbonyl (C=O) groups excluding carboxylic acids is 1. The van der Waals surface area contributed by atoms with Crippen LogP contribution in [0.25, 0.3) is 0 Å². The number of hydrogen-bond acceptors (Lipinski definition) is 3. The van der Waals surface area contributed by atoms with Gasteiger partial charge in [0.15, 0.2) is 6.67 Å². The SMILES string of the molecule is O=C(CF)NC(N1CCOCC1)C(Cl)(Cl)Cl. The number of amides is 1. The number of carbonyl (C=O) groups is 1. The van der Waals surface area contributed by atoms with E-state index >= 15 is 0 Å². The molecule has 16 heavy (non-hydrogen) atoms. The zero-order valence-electron chi connectivity index (χ0n) is 8.39. The maximum atomic E-state index is 12.1. The van der Waals surface area contributed by atoms with E-state index in [9.17, 15) is 9.18 Å². The monoisotopic (exact) mass is 292 g/mol. The van der Waals surface area contributed by atoms with Gasteiger partial charge in [0, 0.05) is 13.1 Å². The van der Waals surface area contributed by atoms with Gasteiger partial charge in [-0.05, 0) is 0 Å². The Hall–Kier alpha value is 0.190. The fraction of sp³-hybridized carbons (Fsp3) is 0.875. The smallest absolute Gasteiger partial charge is 0.252 e. The van der Waals surface area contributed by atoms with Gasteiger partial charge in [-0.1, -0.05) is 34.8 Å². The lowest BCUT2D eigenvalue weighted by molar-refractivity contribution is -0.124. The molecule has 0 aromatic rings. The summed E-state index contributed by atoms with van der Waals surface area (Å²) in [5.41, 5.74) is 0. The molecular formula is C8H12Cl3FN2O2. The summed E-state index contributed by atoms with van der Waals surface area (Å²) < 4.78 is 15.5. The second kappa shape index (κ2) is 6.21. The average molecular weight is 294 g/mol. The average Bonchev–Trinajstić information content (AvgIpc) is 2.25. The summed E-state index contributed by atoms with van der Waals surface area (Å²) in [5.74, 6) is -0.803. The molecule has 1 atom stereocenters. The van der Waals surface area contributed by atoms with Crippen LogP contribution in [0.5, 0.6) is 0 Å². The molecule has 0 spiro atoms. The van der Waals surface area contributed by atoms with Crippen molar-refractivity contribution in [3.8, 4) is 0 Å². The van der Waals surface area contributed by atoms with Crippen molar-refractivity contribution in [2.75, 3.05) is 33.0 Å². The van der Waals surface area contributed by atoms with Crippen LogP contribution < -0.4 is 5.32 Å². The molecule has 8 heteroatoms. The van der Waals surface area contributed by atoms with Gasteiger partial charge in [0.1, 0.15) is 6.17 Å². The topological polar surface area (TPSA) is 41.6 Å². The van der Waals surface area contributed by atoms with Crippen molar-refractivity contribution in [3.63, 3.8) is 0 Å². The molecule has 0 aromatic heterocycles. The van der Waals surface area contributed by atoms with Crippen molar-refractivity contribution < 1.29 is 13.9 Å². The third-order valence-electron chi connectivity index (χ3n) is 2.14. The normalized spacial score (nSPS) is 20.5. The Morgan fingerprint density at radius 3 is 2.44 bits per heavy atom. The van der Waals surface area contributed by atoms with Gasteiger partial charge in [0.25, 0.3) is 5.91 Å². The largest absolute Gasteiger partial charge is 0.379 e. The van der Waals surface area contributed by atoms with Crippen LogP contribution in [0.2, 0.25) is 0 Å². The number of hydrogen-bond donors (Lipinski definition) is 1. The molecule has 1 fully saturated rings. The van der Waals surface area contributed by atoms with Crippen LogP contribution in [0.15, 0.2) is 0 Å². The predicted molar refractivity (Wildman–Crippen MR) is 60.6 cm³/mol. The maximum Gasteiger partial charge on any atom is 0.252 e. The zero-order valence-corrected chi connectivity index (χ0v) is 10.7. The highest BCUT2D eigenvalue weighted by Crippen LogP contribution is 2.32. The van der Waals surface area contributed by atoms with Gasteiger partial charge in [-0.3, -0.25) is 9.69 Å². The molecule has 1 aliphatic rings. The number of ether oxygens (including phenoxy) is 1. The second-order valence-electron chi connectivity index (χ2n) is 3.29. The first kappa shape index (κ1) is 14.3. The zero-order chi connectivity index (χ0) is 12.2. The van der Waals surface area contributed by atoms with E-state index in [0.29, 0.717) is 26.3 Å². The van der Waals surface area contributed by atoms with Gasteiger partial charge in [0.05, 0.1) is 13.2 Å². The molecule has 1 saturated heterocycles. The van der Waals surface area contributed by atoms with Gasteiger partial charge in [-0.25, -0.2) is 4.39 Å². The van der Waals surface area contributed by atoms with Crippen molar-refractivity contribution in [2.45, 2.75) is 9.96 Å². The first-order valence-corrected chi connectivity index (χ1v) is 5.82. The highest BCUT2D eigenvalue weighted by Gasteiger charge is 2.38. The van der Waals surface area contributed by atoms with Crippen LogP contribution in [-0.4, -0.2) is 53.7 Å². The molecule has 1 aliphatic heterocycles. The van der Waals surface area contributed by atoms with Crippen LogP contribution in [0, 0.1) is 0 Å². The van der Waals surface area contributed by atoms with Gasteiger partial charge in [-0.2, -0.15) is 0 Å². The first-order valence-electron chi connectivity index (χ1n) is 4.69. The molecule has 0 aromatic carbocycles. The Morgan fingerprint density at radius 2 is 2.00 bits per heavy atom. The molecule has 4 nitrogen and oxygen atoms in total. The van der Waals surface area contributed by atoms with Gasteiger partial charge >= 0.3 is 0 Å². The molecule has 1 N–H and O–H groups in total. The van der Waals surface area contributed by atoms with E-state index in [1.165, 1.54) is 0 Å². The molecule has 1 amide bonds. The highest BCUT2D eigenvalue weighted by atomic mass is 35.6. The fourth-order valence-corrected chi connectivity index (χ4v) is 1.98. The molecule has 0 radical (unpaired) electrons. The Kier molecular flexibility index (Phi) is 5.53. The van der Waals surface area contributed by atoms with E-state index in [1.54, 1.807) is 4.90 Å². The molecule has 94 valence electrons. The summed E-state index contributed by atoms with van der Waals surface area (Å²) in [7, 11) is 0. The molecule has 1 unspecified atom stereocenters. The summed E-state index contributed by atoms with van der Waals surface area (Å²) in [6.45, 7) is 0.878. The van der Waals surface area contributed by atoms with Crippen LogP contribution in [-0.2, 0) is 9.53 Å². The van der Waals surface area contributed by atoms with E-state index in [4.69, 9.17) is 39.5 Å². The summed E-state index contributed by atoms with van der Waals surface area (Å²) in [5, 5.41) is 2.34. The number of nitrogens with zero attached hydrogens (tertiary/aromatic N) is 1. The summed E-state index contributed by atoms with van der Waals surface area (Å²) in [6.07, 6.45) is -0.843. The van der Waals surface area contributed by atoms with E-state index < -0.39 is 22.5 Å². The van der Waals surface area contributed by atoms with Crippen LogP contribution in [0.3, 0.4) is 0 Å². The van der Waals surface area contributed by atoms with Crippen molar-refractivity contribution in [1.29, 1.82) is 0 Å². The molecule has 0 aliphatic carbocycles. The van der Waals surface area contributed by atoms with Crippen molar-refractivity contribution in [3.05, 3.63) is 0 Å². The lowest BCUT2D eigenvalue weighted by atomic mass is 10.3.